The van der Waals surface area contributed by atoms with Gasteiger partial charge in [0.05, 0.1) is 11.8 Å². The predicted octanol–water partition coefficient (Wildman–Crippen LogP) is 2.89. The van der Waals surface area contributed by atoms with E-state index in [1.165, 1.54) is 8.47 Å². The van der Waals surface area contributed by atoms with Crippen LogP contribution >= 0.6 is 34.4 Å². The molecule has 12 heavy (non-hydrogen) atoms. The lowest BCUT2D eigenvalue weighted by atomic mass is 10.3. The number of hydrogen-bond donors (Lipinski definition) is 1. The fraction of sp³-hybridized carbons (Fsp3) is 0.125. The molecule has 0 amide bonds. The molecule has 2 aromatic rings. The molecular formula is C8H7IN2S. The van der Waals surface area contributed by atoms with Gasteiger partial charge < -0.3 is 4.98 Å². The van der Waals surface area contributed by atoms with Crippen molar-refractivity contribution >= 4 is 45.4 Å². The Morgan fingerprint density at radius 3 is 3.08 bits per heavy atom. The third kappa shape index (κ3) is 1.22. The summed E-state index contributed by atoms with van der Waals surface area (Å²) in [6.45, 7) is 0. The van der Waals surface area contributed by atoms with E-state index in [1.807, 2.05) is 0 Å². The van der Waals surface area contributed by atoms with Crippen LogP contribution < -0.4 is 0 Å². The second kappa shape index (κ2) is 3.26. The van der Waals surface area contributed by atoms with Crippen LogP contribution in [0.25, 0.3) is 11.0 Å². The molecule has 2 nitrogen and oxygen atoms in total. The van der Waals surface area contributed by atoms with Gasteiger partial charge in [0.1, 0.15) is 5.52 Å². The standard InChI is InChI=1S/C8H7IN2S/c1-12-8-5(9)2-3-6-7(8)11-4-10-6/h2-4H,1H3,(H,10,11). The van der Waals surface area contributed by atoms with Crippen LogP contribution in [0.1, 0.15) is 0 Å². The number of nitrogens with zero attached hydrogens (tertiary/aromatic N) is 1. The molecule has 0 radical (unpaired) electrons. The molecule has 1 aromatic heterocycles. The minimum Gasteiger partial charge on any atom is -0.345 e. The normalized spacial score (nSPS) is 10.8. The fourth-order valence-electron chi connectivity index (χ4n) is 1.15. The van der Waals surface area contributed by atoms with Crippen molar-refractivity contribution in [3.63, 3.8) is 0 Å². The van der Waals surface area contributed by atoms with E-state index in [0.717, 1.165) is 11.0 Å². The van der Waals surface area contributed by atoms with Crippen molar-refractivity contribution in [3.8, 4) is 0 Å². The number of halogens is 1. The van der Waals surface area contributed by atoms with Crippen molar-refractivity contribution in [2.45, 2.75) is 4.90 Å². The molecule has 62 valence electrons. The van der Waals surface area contributed by atoms with E-state index in [4.69, 9.17) is 0 Å². The lowest BCUT2D eigenvalue weighted by Gasteiger charge is -2.00. The molecular weight excluding hydrogens is 283 g/mol. The molecule has 0 saturated carbocycles. The highest BCUT2D eigenvalue weighted by Crippen LogP contribution is 2.28. The van der Waals surface area contributed by atoms with Gasteiger partial charge in [-0.3, -0.25) is 0 Å². The first-order chi connectivity index (χ1) is 5.83. The van der Waals surface area contributed by atoms with E-state index in [0.29, 0.717) is 0 Å². The van der Waals surface area contributed by atoms with E-state index in [9.17, 15) is 0 Å². The molecule has 0 atom stereocenters. The fourth-order valence-corrected chi connectivity index (χ4v) is 2.87. The number of fused-ring (bicyclic) bond motifs is 1. The summed E-state index contributed by atoms with van der Waals surface area (Å²) >= 11 is 4.07. The Bertz CT molecular complexity index is 410. The number of aromatic nitrogens is 2. The number of aromatic amines is 1. The smallest absolute Gasteiger partial charge is 0.103 e. The number of imidazole rings is 1. The van der Waals surface area contributed by atoms with Crippen molar-refractivity contribution in [2.24, 2.45) is 0 Å². The SMILES string of the molecule is CSc1c(I)ccc2[nH]cnc12. The third-order valence-electron chi connectivity index (χ3n) is 1.70. The van der Waals surface area contributed by atoms with Gasteiger partial charge in [0.25, 0.3) is 0 Å². The van der Waals surface area contributed by atoms with E-state index in [1.54, 1.807) is 18.1 Å². The first kappa shape index (κ1) is 8.37. The Hall–Kier alpha value is -0.230. The van der Waals surface area contributed by atoms with Crippen molar-refractivity contribution in [3.05, 3.63) is 22.0 Å². The van der Waals surface area contributed by atoms with Gasteiger partial charge in [0.15, 0.2) is 0 Å². The van der Waals surface area contributed by atoms with E-state index in [2.05, 4.69) is 50.9 Å². The molecule has 1 N–H and O–H groups in total. The Labute approximate surface area is 88.3 Å². The maximum Gasteiger partial charge on any atom is 0.103 e. The van der Waals surface area contributed by atoms with Gasteiger partial charge in [-0.1, -0.05) is 0 Å². The molecule has 0 unspecified atom stereocenters. The third-order valence-corrected chi connectivity index (χ3v) is 3.79. The zero-order valence-electron chi connectivity index (χ0n) is 6.47. The van der Waals surface area contributed by atoms with Gasteiger partial charge in [-0.15, -0.1) is 11.8 Å². The average molecular weight is 290 g/mol. The number of H-pyrrole nitrogens is 1. The van der Waals surface area contributed by atoms with Crippen LogP contribution in [0.15, 0.2) is 23.4 Å². The predicted molar refractivity (Wildman–Crippen MR) is 60.6 cm³/mol. The van der Waals surface area contributed by atoms with Crippen LogP contribution in [-0.4, -0.2) is 16.2 Å². The second-order valence-corrected chi connectivity index (χ2v) is 4.36. The minimum absolute atomic E-state index is 1.08. The highest BCUT2D eigenvalue weighted by molar-refractivity contribution is 14.1. The van der Waals surface area contributed by atoms with Gasteiger partial charge in [0, 0.05) is 8.47 Å². The molecule has 0 spiro atoms. The number of hydrogen-bond acceptors (Lipinski definition) is 2. The van der Waals surface area contributed by atoms with Crippen LogP contribution in [0.3, 0.4) is 0 Å². The zero-order chi connectivity index (χ0) is 8.55. The average Bonchev–Trinajstić information content (AvgIpc) is 2.52. The molecule has 0 fully saturated rings. The summed E-state index contributed by atoms with van der Waals surface area (Å²) in [5.41, 5.74) is 2.19. The Balaban J connectivity index is 2.83. The highest BCUT2D eigenvalue weighted by Gasteiger charge is 2.05. The number of nitrogens with one attached hydrogen (secondary N) is 1. The maximum atomic E-state index is 4.27. The first-order valence-electron chi connectivity index (χ1n) is 3.48. The minimum atomic E-state index is 1.08. The summed E-state index contributed by atoms with van der Waals surface area (Å²) in [7, 11) is 0. The lowest BCUT2D eigenvalue weighted by Crippen LogP contribution is -1.80. The molecule has 0 bridgehead atoms. The van der Waals surface area contributed by atoms with Crippen molar-refractivity contribution in [1.82, 2.24) is 9.97 Å². The molecule has 0 saturated heterocycles. The van der Waals surface area contributed by atoms with Gasteiger partial charge in [-0.25, -0.2) is 4.98 Å². The first-order valence-corrected chi connectivity index (χ1v) is 5.79. The number of rotatable bonds is 1. The van der Waals surface area contributed by atoms with Crippen molar-refractivity contribution < 1.29 is 0 Å². The maximum absolute atomic E-state index is 4.27. The second-order valence-electron chi connectivity index (χ2n) is 2.38. The molecule has 4 heteroatoms. The topological polar surface area (TPSA) is 28.7 Å². The summed E-state index contributed by atoms with van der Waals surface area (Å²) in [4.78, 5) is 8.62. The van der Waals surface area contributed by atoms with Gasteiger partial charge in [-0.05, 0) is 41.0 Å². The van der Waals surface area contributed by atoms with Crippen LogP contribution in [0.4, 0.5) is 0 Å². The van der Waals surface area contributed by atoms with Crippen LogP contribution in [0.2, 0.25) is 0 Å². The van der Waals surface area contributed by atoms with E-state index >= 15 is 0 Å². The Kier molecular flexibility index (Phi) is 2.27. The molecule has 2 rings (SSSR count). The van der Waals surface area contributed by atoms with Crippen LogP contribution in [0, 0.1) is 3.57 Å². The van der Waals surface area contributed by atoms with E-state index in [-0.39, 0.29) is 0 Å². The number of thioether (sulfide) groups is 1. The monoisotopic (exact) mass is 290 g/mol. The highest BCUT2D eigenvalue weighted by atomic mass is 127. The van der Waals surface area contributed by atoms with E-state index < -0.39 is 0 Å². The van der Waals surface area contributed by atoms with Crippen molar-refractivity contribution in [2.75, 3.05) is 6.26 Å². The van der Waals surface area contributed by atoms with Crippen LogP contribution in [-0.2, 0) is 0 Å². The quantitative estimate of drug-likeness (QED) is 0.646. The Morgan fingerprint density at radius 1 is 1.50 bits per heavy atom. The zero-order valence-corrected chi connectivity index (χ0v) is 9.44. The molecule has 1 aromatic carbocycles. The van der Waals surface area contributed by atoms with Gasteiger partial charge in [-0.2, -0.15) is 0 Å². The largest absolute Gasteiger partial charge is 0.345 e. The lowest BCUT2D eigenvalue weighted by molar-refractivity contribution is 1.33. The van der Waals surface area contributed by atoms with Crippen LogP contribution in [0.5, 0.6) is 0 Å². The Morgan fingerprint density at radius 2 is 2.33 bits per heavy atom. The summed E-state index contributed by atoms with van der Waals surface area (Å²) < 4.78 is 1.26. The number of benzene rings is 1. The van der Waals surface area contributed by atoms with Gasteiger partial charge >= 0.3 is 0 Å². The molecule has 0 aliphatic heterocycles. The van der Waals surface area contributed by atoms with Gasteiger partial charge in [0.2, 0.25) is 0 Å². The molecule has 0 aliphatic rings. The molecule has 1 heterocycles. The summed E-state index contributed by atoms with van der Waals surface area (Å²) in [6, 6.07) is 4.16. The summed E-state index contributed by atoms with van der Waals surface area (Å²) in [5.74, 6) is 0. The van der Waals surface area contributed by atoms with Crippen molar-refractivity contribution in [1.29, 1.82) is 0 Å². The summed E-state index contributed by atoms with van der Waals surface area (Å²) in [5, 5.41) is 0. The summed E-state index contributed by atoms with van der Waals surface area (Å²) in [6.07, 6.45) is 3.81. The molecule has 0 aliphatic carbocycles.